The maximum Gasteiger partial charge on any atom is 0.251 e. The van der Waals surface area contributed by atoms with E-state index in [0.717, 1.165) is 5.39 Å². The number of hydrogen-bond donors (Lipinski definition) is 2. The molecule has 0 bridgehead atoms. The van der Waals surface area contributed by atoms with Crippen LogP contribution in [-0.2, 0) is 5.60 Å². The average Bonchev–Trinajstić information content (AvgIpc) is 2.97. The molecule has 0 saturated carbocycles. The van der Waals surface area contributed by atoms with Crippen molar-refractivity contribution in [3.05, 3.63) is 70.4 Å². The fourth-order valence-corrected chi connectivity index (χ4v) is 3.39. The lowest BCUT2D eigenvalue weighted by Gasteiger charge is -2.25. The van der Waals surface area contributed by atoms with Crippen LogP contribution in [0.3, 0.4) is 0 Å². The molecule has 2 N–H and O–H groups in total. The highest BCUT2D eigenvalue weighted by Crippen LogP contribution is 2.37. The Hall–Kier alpha value is -2.73. The van der Waals surface area contributed by atoms with Gasteiger partial charge in [-0.15, -0.1) is 0 Å². The number of nitrogens with one attached hydrogen (secondary N) is 1. The predicted octanol–water partition coefficient (Wildman–Crippen LogP) is 2.16. The van der Waals surface area contributed by atoms with E-state index in [9.17, 15) is 14.3 Å². The molecule has 5 nitrogen and oxygen atoms in total. The number of anilines is 1. The van der Waals surface area contributed by atoms with Crippen molar-refractivity contribution in [2.45, 2.75) is 12.0 Å². The molecular formula is C18H16FN3O2. The van der Waals surface area contributed by atoms with Crippen molar-refractivity contribution in [3.63, 3.8) is 0 Å². The normalized spacial score (nSPS) is 20.7. The van der Waals surface area contributed by atoms with Crippen LogP contribution in [-0.4, -0.2) is 28.2 Å². The maximum atomic E-state index is 14.1. The number of aliphatic hydroxyl groups is 1. The summed E-state index contributed by atoms with van der Waals surface area (Å²) in [5, 5.41) is 11.7. The molecular weight excluding hydrogens is 309 g/mol. The highest BCUT2D eigenvalue weighted by atomic mass is 19.1. The van der Waals surface area contributed by atoms with E-state index >= 15 is 0 Å². The molecule has 6 heteroatoms. The number of β-amino-alcohol motifs (C(OH)–C–C–N with tert-alkyl or cyclic N) is 1. The fraction of sp³-hybridized carbons (Fsp3) is 0.222. The summed E-state index contributed by atoms with van der Waals surface area (Å²) < 4.78 is 14.1. The van der Waals surface area contributed by atoms with Crippen LogP contribution < -0.4 is 10.5 Å². The van der Waals surface area contributed by atoms with E-state index < -0.39 is 11.4 Å². The summed E-state index contributed by atoms with van der Waals surface area (Å²) in [5.74, 6) is -0.417. The first kappa shape index (κ1) is 14.8. The Balaban J connectivity index is 1.76. The van der Waals surface area contributed by atoms with Gasteiger partial charge in [0.25, 0.3) is 5.56 Å². The molecule has 2 aromatic heterocycles. The summed E-state index contributed by atoms with van der Waals surface area (Å²) in [5.41, 5.74) is -0.0320. The van der Waals surface area contributed by atoms with E-state index in [4.69, 9.17) is 0 Å². The number of halogens is 1. The van der Waals surface area contributed by atoms with Crippen LogP contribution in [0.15, 0.2) is 53.5 Å². The summed E-state index contributed by atoms with van der Waals surface area (Å²) in [4.78, 5) is 20.7. The lowest BCUT2D eigenvalue weighted by atomic mass is 9.92. The van der Waals surface area contributed by atoms with Crippen LogP contribution in [0.4, 0.5) is 10.1 Å². The zero-order chi connectivity index (χ0) is 16.7. The minimum Gasteiger partial charge on any atom is -0.383 e. The van der Waals surface area contributed by atoms with Gasteiger partial charge in [-0.05, 0) is 24.6 Å². The minimum absolute atomic E-state index is 0.224. The SMILES string of the molecule is O=c1cc(N2CCC(O)(c3ccccc3F)C2)c2cccnc2[nH]1. The Kier molecular flexibility index (Phi) is 3.35. The van der Waals surface area contributed by atoms with Gasteiger partial charge in [-0.25, -0.2) is 9.37 Å². The van der Waals surface area contributed by atoms with Crippen molar-refractivity contribution in [3.8, 4) is 0 Å². The van der Waals surface area contributed by atoms with Crippen molar-refractivity contribution in [1.82, 2.24) is 9.97 Å². The molecule has 1 unspecified atom stereocenters. The number of benzene rings is 1. The van der Waals surface area contributed by atoms with Gasteiger partial charge in [0, 0.05) is 29.8 Å². The van der Waals surface area contributed by atoms with E-state index in [2.05, 4.69) is 9.97 Å². The van der Waals surface area contributed by atoms with Gasteiger partial charge in [0.1, 0.15) is 17.1 Å². The lowest BCUT2D eigenvalue weighted by molar-refractivity contribution is 0.0568. The van der Waals surface area contributed by atoms with E-state index in [1.165, 1.54) is 12.1 Å². The van der Waals surface area contributed by atoms with Crippen molar-refractivity contribution < 1.29 is 9.50 Å². The Morgan fingerprint density at radius 2 is 2.08 bits per heavy atom. The highest BCUT2D eigenvalue weighted by Gasteiger charge is 2.40. The Labute approximate surface area is 137 Å². The molecule has 24 heavy (non-hydrogen) atoms. The molecule has 3 aromatic rings. The molecule has 1 aliphatic rings. The third kappa shape index (κ3) is 2.35. The van der Waals surface area contributed by atoms with Gasteiger partial charge in [0.15, 0.2) is 0 Å². The Bertz CT molecular complexity index is 972. The summed E-state index contributed by atoms with van der Waals surface area (Å²) in [6, 6.07) is 11.4. The number of hydrogen-bond acceptors (Lipinski definition) is 4. The van der Waals surface area contributed by atoms with Crippen LogP contribution >= 0.6 is 0 Å². The fourth-order valence-electron chi connectivity index (χ4n) is 3.39. The van der Waals surface area contributed by atoms with Crippen molar-refractivity contribution in [1.29, 1.82) is 0 Å². The van der Waals surface area contributed by atoms with Crippen molar-refractivity contribution in [2.75, 3.05) is 18.0 Å². The van der Waals surface area contributed by atoms with Gasteiger partial charge in [-0.3, -0.25) is 4.79 Å². The van der Waals surface area contributed by atoms with Gasteiger partial charge in [-0.2, -0.15) is 0 Å². The van der Waals surface area contributed by atoms with Gasteiger partial charge in [0.2, 0.25) is 0 Å². The Morgan fingerprint density at radius 3 is 2.92 bits per heavy atom. The van der Waals surface area contributed by atoms with E-state index in [1.54, 1.807) is 30.5 Å². The topological polar surface area (TPSA) is 69.2 Å². The Morgan fingerprint density at radius 1 is 1.25 bits per heavy atom. The second-order valence-electron chi connectivity index (χ2n) is 6.10. The predicted molar refractivity (Wildman–Crippen MR) is 89.5 cm³/mol. The van der Waals surface area contributed by atoms with Gasteiger partial charge in [-0.1, -0.05) is 18.2 Å². The summed E-state index contributed by atoms with van der Waals surface area (Å²) in [6.45, 7) is 0.750. The number of pyridine rings is 2. The summed E-state index contributed by atoms with van der Waals surface area (Å²) >= 11 is 0. The largest absolute Gasteiger partial charge is 0.383 e. The molecule has 122 valence electrons. The summed E-state index contributed by atoms with van der Waals surface area (Å²) in [6.07, 6.45) is 2.00. The molecule has 1 fully saturated rings. The van der Waals surface area contributed by atoms with E-state index in [0.29, 0.717) is 29.9 Å². The molecule has 1 aromatic carbocycles. The molecule has 0 spiro atoms. The van der Waals surface area contributed by atoms with Crippen LogP contribution in [0.5, 0.6) is 0 Å². The first-order valence-electron chi connectivity index (χ1n) is 7.77. The standard InChI is InChI=1S/C18H16FN3O2/c19-14-6-2-1-5-13(14)18(24)7-9-22(11-18)15-10-16(23)21-17-12(15)4-3-8-20-17/h1-6,8,10,24H,7,9,11H2,(H,20,21,23). The van der Waals surface area contributed by atoms with Crippen molar-refractivity contribution in [2.24, 2.45) is 0 Å². The van der Waals surface area contributed by atoms with Crippen LogP contribution in [0, 0.1) is 5.82 Å². The molecule has 3 heterocycles. The smallest absolute Gasteiger partial charge is 0.251 e. The summed E-state index contributed by atoms with van der Waals surface area (Å²) in [7, 11) is 0. The van der Waals surface area contributed by atoms with Gasteiger partial charge in [0.05, 0.1) is 12.2 Å². The first-order chi connectivity index (χ1) is 11.6. The number of nitrogens with zero attached hydrogens (tertiary/aromatic N) is 2. The maximum absolute atomic E-state index is 14.1. The second kappa shape index (κ2) is 5.42. The lowest BCUT2D eigenvalue weighted by Crippen LogP contribution is -2.32. The van der Waals surface area contributed by atoms with Crippen molar-refractivity contribution >= 4 is 16.7 Å². The first-order valence-corrected chi connectivity index (χ1v) is 7.77. The molecule has 4 rings (SSSR count). The van der Waals surface area contributed by atoms with Crippen LogP contribution in [0.2, 0.25) is 0 Å². The third-order valence-electron chi connectivity index (χ3n) is 4.56. The third-order valence-corrected chi connectivity index (χ3v) is 4.56. The number of fused-ring (bicyclic) bond motifs is 1. The molecule has 0 aliphatic carbocycles. The highest BCUT2D eigenvalue weighted by molar-refractivity contribution is 5.89. The minimum atomic E-state index is -1.28. The van der Waals surface area contributed by atoms with E-state index in [1.807, 2.05) is 11.0 Å². The molecule has 1 atom stereocenters. The number of aromatic amines is 1. The molecule has 0 radical (unpaired) electrons. The van der Waals surface area contributed by atoms with Gasteiger partial charge < -0.3 is 15.0 Å². The average molecular weight is 325 g/mol. The van der Waals surface area contributed by atoms with Gasteiger partial charge >= 0.3 is 0 Å². The monoisotopic (exact) mass is 325 g/mol. The van der Waals surface area contributed by atoms with Crippen LogP contribution in [0.1, 0.15) is 12.0 Å². The molecule has 1 saturated heterocycles. The zero-order valence-corrected chi connectivity index (χ0v) is 12.9. The van der Waals surface area contributed by atoms with Crippen LogP contribution in [0.25, 0.3) is 11.0 Å². The quantitative estimate of drug-likeness (QED) is 0.757. The number of aromatic nitrogens is 2. The molecule has 0 amide bonds. The molecule has 1 aliphatic heterocycles. The van der Waals surface area contributed by atoms with E-state index in [-0.39, 0.29) is 12.1 Å². The zero-order valence-electron chi connectivity index (χ0n) is 12.9. The second-order valence-corrected chi connectivity index (χ2v) is 6.10. The number of rotatable bonds is 2. The number of H-pyrrole nitrogens is 1.